The third-order valence-corrected chi connectivity index (χ3v) is 2.14. The number of carboxylic acids is 1. The van der Waals surface area contributed by atoms with Crippen molar-refractivity contribution in [3.05, 3.63) is 0 Å². The second-order valence-corrected chi connectivity index (χ2v) is 4.06. The molecule has 0 fully saturated rings. The molecule has 0 saturated heterocycles. The second kappa shape index (κ2) is 8.81. The number of aliphatic carboxylic acids is 1. The molecule has 3 N–H and O–H groups in total. The number of carbonyl (C=O) groups excluding carboxylic acids is 1. The average molecular weight is 246 g/mol. The standard InChI is InChI=1S/C11H22N2O4/c1-4-17-9(3)7-13-11(16)12-6-8(2)5-10(14)15/h8-9H,4-7H2,1-3H3,(H,14,15)(H2,12,13,16). The summed E-state index contributed by atoms with van der Waals surface area (Å²) in [7, 11) is 0. The van der Waals surface area contributed by atoms with Crippen molar-refractivity contribution in [2.24, 2.45) is 5.92 Å². The monoisotopic (exact) mass is 246 g/mol. The Hall–Kier alpha value is -1.30. The predicted octanol–water partition coefficient (Wildman–Crippen LogP) is 0.821. The molecule has 0 aromatic heterocycles. The Morgan fingerprint density at radius 2 is 1.82 bits per heavy atom. The van der Waals surface area contributed by atoms with E-state index >= 15 is 0 Å². The van der Waals surface area contributed by atoms with E-state index in [1.54, 1.807) is 6.92 Å². The number of hydrogen-bond acceptors (Lipinski definition) is 3. The van der Waals surface area contributed by atoms with Crippen LogP contribution in [0, 0.1) is 5.92 Å². The lowest BCUT2D eigenvalue weighted by atomic mass is 10.1. The Balaban J connectivity index is 3.62. The van der Waals surface area contributed by atoms with Crippen molar-refractivity contribution >= 4 is 12.0 Å². The van der Waals surface area contributed by atoms with Crippen molar-refractivity contribution in [1.82, 2.24) is 10.6 Å². The van der Waals surface area contributed by atoms with Crippen molar-refractivity contribution < 1.29 is 19.4 Å². The van der Waals surface area contributed by atoms with Gasteiger partial charge in [0.2, 0.25) is 0 Å². The van der Waals surface area contributed by atoms with Gasteiger partial charge in [0.1, 0.15) is 0 Å². The smallest absolute Gasteiger partial charge is 0.314 e. The first-order chi connectivity index (χ1) is 7.95. The molecule has 0 saturated carbocycles. The number of amides is 2. The molecular formula is C11H22N2O4. The molecule has 0 rings (SSSR count). The lowest BCUT2D eigenvalue weighted by Gasteiger charge is -2.14. The van der Waals surface area contributed by atoms with Gasteiger partial charge in [0.25, 0.3) is 0 Å². The maximum absolute atomic E-state index is 11.3. The molecule has 6 nitrogen and oxygen atoms in total. The highest BCUT2D eigenvalue weighted by molar-refractivity contribution is 5.74. The molecule has 0 aromatic rings. The van der Waals surface area contributed by atoms with Crippen LogP contribution in [-0.4, -0.2) is 42.9 Å². The third kappa shape index (κ3) is 9.62. The summed E-state index contributed by atoms with van der Waals surface area (Å²) in [5.41, 5.74) is 0. The van der Waals surface area contributed by atoms with E-state index in [9.17, 15) is 9.59 Å². The fourth-order valence-electron chi connectivity index (χ4n) is 1.28. The molecule has 6 heteroatoms. The van der Waals surface area contributed by atoms with E-state index in [1.807, 2.05) is 13.8 Å². The van der Waals surface area contributed by atoms with Crippen molar-refractivity contribution in [2.45, 2.75) is 33.3 Å². The fourth-order valence-corrected chi connectivity index (χ4v) is 1.28. The molecule has 0 aliphatic rings. The number of ether oxygens (including phenoxy) is 1. The molecule has 0 aliphatic carbocycles. The maximum atomic E-state index is 11.3. The number of urea groups is 1. The van der Waals surface area contributed by atoms with Gasteiger partial charge in [0.05, 0.1) is 6.10 Å². The van der Waals surface area contributed by atoms with Gasteiger partial charge in [0, 0.05) is 26.1 Å². The number of hydrogen-bond donors (Lipinski definition) is 3. The molecule has 0 aliphatic heterocycles. The van der Waals surface area contributed by atoms with E-state index in [4.69, 9.17) is 9.84 Å². The van der Waals surface area contributed by atoms with Crippen molar-refractivity contribution in [1.29, 1.82) is 0 Å². The molecular weight excluding hydrogens is 224 g/mol. The summed E-state index contributed by atoms with van der Waals surface area (Å²) in [6, 6.07) is -0.297. The van der Waals surface area contributed by atoms with Crippen molar-refractivity contribution in [3.63, 3.8) is 0 Å². The van der Waals surface area contributed by atoms with Gasteiger partial charge in [-0.2, -0.15) is 0 Å². The van der Waals surface area contributed by atoms with E-state index in [2.05, 4.69) is 10.6 Å². The zero-order valence-electron chi connectivity index (χ0n) is 10.7. The normalized spacial score (nSPS) is 13.8. The lowest BCUT2D eigenvalue weighted by molar-refractivity contribution is -0.137. The van der Waals surface area contributed by atoms with Crippen molar-refractivity contribution in [3.8, 4) is 0 Å². The molecule has 0 spiro atoms. The number of carboxylic acid groups (broad SMARTS) is 1. The summed E-state index contributed by atoms with van der Waals surface area (Å²) in [5.74, 6) is -0.938. The van der Waals surface area contributed by atoms with Crippen LogP contribution < -0.4 is 10.6 Å². The van der Waals surface area contributed by atoms with Gasteiger partial charge in [-0.15, -0.1) is 0 Å². The lowest BCUT2D eigenvalue weighted by Crippen LogP contribution is -2.41. The van der Waals surface area contributed by atoms with E-state index in [1.165, 1.54) is 0 Å². The molecule has 2 amide bonds. The Kier molecular flexibility index (Phi) is 8.13. The van der Waals surface area contributed by atoms with E-state index in [-0.39, 0.29) is 24.5 Å². The average Bonchev–Trinajstić information content (AvgIpc) is 2.23. The molecule has 0 heterocycles. The topological polar surface area (TPSA) is 87.7 Å². The van der Waals surface area contributed by atoms with Gasteiger partial charge in [-0.3, -0.25) is 4.79 Å². The zero-order valence-corrected chi connectivity index (χ0v) is 10.7. The molecule has 17 heavy (non-hydrogen) atoms. The molecule has 2 unspecified atom stereocenters. The summed E-state index contributed by atoms with van der Waals surface area (Å²) >= 11 is 0. The SMILES string of the molecule is CCOC(C)CNC(=O)NCC(C)CC(=O)O. The van der Waals surface area contributed by atoms with Crippen LogP contribution in [0.25, 0.3) is 0 Å². The van der Waals surface area contributed by atoms with E-state index in [0.29, 0.717) is 19.7 Å². The van der Waals surface area contributed by atoms with Crippen molar-refractivity contribution in [2.75, 3.05) is 19.7 Å². The van der Waals surface area contributed by atoms with Gasteiger partial charge >= 0.3 is 12.0 Å². The minimum absolute atomic E-state index is 0.0257. The first kappa shape index (κ1) is 15.7. The Morgan fingerprint density at radius 1 is 1.24 bits per heavy atom. The van der Waals surface area contributed by atoms with E-state index in [0.717, 1.165) is 0 Å². The van der Waals surface area contributed by atoms with Crippen LogP contribution in [0.5, 0.6) is 0 Å². The van der Waals surface area contributed by atoms with Crippen LogP contribution in [0.3, 0.4) is 0 Å². The second-order valence-electron chi connectivity index (χ2n) is 4.06. The third-order valence-electron chi connectivity index (χ3n) is 2.14. The van der Waals surface area contributed by atoms with Crippen LogP contribution in [0.15, 0.2) is 0 Å². The van der Waals surface area contributed by atoms with Gasteiger partial charge < -0.3 is 20.5 Å². The Morgan fingerprint density at radius 3 is 2.35 bits per heavy atom. The quantitative estimate of drug-likeness (QED) is 0.591. The van der Waals surface area contributed by atoms with Gasteiger partial charge in [0.15, 0.2) is 0 Å². The summed E-state index contributed by atoms with van der Waals surface area (Å²) in [6.07, 6.45) is 0.0255. The number of carbonyl (C=O) groups is 2. The highest BCUT2D eigenvalue weighted by atomic mass is 16.5. The highest BCUT2D eigenvalue weighted by Crippen LogP contribution is 1.98. The Bertz CT molecular complexity index is 246. The minimum Gasteiger partial charge on any atom is -0.481 e. The zero-order chi connectivity index (χ0) is 13.3. The molecule has 100 valence electrons. The number of nitrogens with one attached hydrogen (secondary N) is 2. The predicted molar refractivity (Wildman–Crippen MR) is 63.9 cm³/mol. The number of rotatable bonds is 8. The van der Waals surface area contributed by atoms with Crippen LogP contribution in [0.2, 0.25) is 0 Å². The summed E-state index contributed by atoms with van der Waals surface area (Å²) in [5, 5.41) is 13.8. The van der Waals surface area contributed by atoms with Crippen LogP contribution in [0.1, 0.15) is 27.2 Å². The molecule has 2 atom stereocenters. The van der Waals surface area contributed by atoms with Gasteiger partial charge in [-0.25, -0.2) is 4.79 Å². The van der Waals surface area contributed by atoms with Crippen LogP contribution in [0.4, 0.5) is 4.79 Å². The van der Waals surface area contributed by atoms with Crippen LogP contribution in [-0.2, 0) is 9.53 Å². The first-order valence-electron chi connectivity index (χ1n) is 5.80. The minimum atomic E-state index is -0.857. The fraction of sp³-hybridized carbons (Fsp3) is 0.818. The maximum Gasteiger partial charge on any atom is 0.314 e. The van der Waals surface area contributed by atoms with E-state index < -0.39 is 5.97 Å². The highest BCUT2D eigenvalue weighted by Gasteiger charge is 2.09. The molecule has 0 aromatic carbocycles. The Labute approximate surface area is 102 Å². The van der Waals surface area contributed by atoms with Gasteiger partial charge in [-0.1, -0.05) is 6.92 Å². The summed E-state index contributed by atoms with van der Waals surface area (Å²) in [6.45, 7) is 6.94. The largest absolute Gasteiger partial charge is 0.481 e. The van der Waals surface area contributed by atoms with Crippen LogP contribution >= 0.6 is 0 Å². The first-order valence-corrected chi connectivity index (χ1v) is 5.80. The molecule has 0 radical (unpaired) electrons. The van der Waals surface area contributed by atoms with Gasteiger partial charge in [-0.05, 0) is 19.8 Å². The molecule has 0 bridgehead atoms. The summed E-state index contributed by atoms with van der Waals surface area (Å²) < 4.78 is 5.25. The summed E-state index contributed by atoms with van der Waals surface area (Å²) in [4.78, 5) is 21.7.